The number of nitrogens with zero attached hydrogens (tertiary/aromatic N) is 1. The number of aryl methyl sites for hydroxylation is 1. The van der Waals surface area contributed by atoms with Crippen molar-refractivity contribution in [1.29, 1.82) is 0 Å². The van der Waals surface area contributed by atoms with E-state index in [9.17, 15) is 0 Å². The Hall–Kier alpha value is -0.690. The second-order valence-corrected chi connectivity index (χ2v) is 6.24. The van der Waals surface area contributed by atoms with Crippen LogP contribution < -0.4 is 4.90 Å². The van der Waals surface area contributed by atoms with E-state index in [-0.39, 0.29) is 0 Å². The van der Waals surface area contributed by atoms with E-state index >= 15 is 0 Å². The fourth-order valence-electron chi connectivity index (χ4n) is 3.13. The number of anilines is 1. The lowest BCUT2D eigenvalue weighted by Gasteiger charge is -2.43. The van der Waals surface area contributed by atoms with Crippen LogP contribution in [0.25, 0.3) is 0 Å². The third kappa shape index (κ3) is 2.66. The molecule has 1 heterocycles. The molecule has 1 saturated heterocycles. The molecule has 3 atom stereocenters. The van der Waals surface area contributed by atoms with Crippen molar-refractivity contribution in [2.75, 3.05) is 11.4 Å². The number of piperidine rings is 1. The Labute approximate surface area is 116 Å². The van der Waals surface area contributed by atoms with Crippen LogP contribution in [0.4, 0.5) is 5.69 Å². The van der Waals surface area contributed by atoms with E-state index in [2.05, 4.69) is 50.8 Å². The second kappa shape index (κ2) is 5.52. The van der Waals surface area contributed by atoms with E-state index in [1.807, 2.05) is 0 Å². The van der Waals surface area contributed by atoms with Crippen molar-refractivity contribution in [1.82, 2.24) is 0 Å². The van der Waals surface area contributed by atoms with Crippen molar-refractivity contribution < 1.29 is 0 Å². The van der Waals surface area contributed by atoms with Crippen LogP contribution in [-0.2, 0) is 5.88 Å². The SMILES string of the molecule is Cc1ccc(N2CC(C)CC(C)C2C)c(CCl)c1. The molecule has 3 unspecified atom stereocenters. The lowest BCUT2D eigenvalue weighted by atomic mass is 9.85. The molecule has 0 aromatic heterocycles. The van der Waals surface area contributed by atoms with Gasteiger partial charge in [-0.3, -0.25) is 0 Å². The van der Waals surface area contributed by atoms with Gasteiger partial charge in [0.1, 0.15) is 0 Å². The summed E-state index contributed by atoms with van der Waals surface area (Å²) in [4.78, 5) is 2.55. The Balaban J connectivity index is 2.34. The van der Waals surface area contributed by atoms with E-state index in [0.717, 1.165) is 18.4 Å². The molecule has 0 aliphatic carbocycles. The van der Waals surface area contributed by atoms with Crippen LogP contribution in [0.15, 0.2) is 18.2 Å². The summed E-state index contributed by atoms with van der Waals surface area (Å²) in [6, 6.07) is 7.26. The average Bonchev–Trinajstić information content (AvgIpc) is 2.34. The van der Waals surface area contributed by atoms with Crippen LogP contribution in [0.2, 0.25) is 0 Å². The van der Waals surface area contributed by atoms with Gasteiger partial charge in [-0.15, -0.1) is 11.6 Å². The monoisotopic (exact) mass is 265 g/mol. The van der Waals surface area contributed by atoms with Crippen molar-refractivity contribution in [3.8, 4) is 0 Å². The van der Waals surface area contributed by atoms with Gasteiger partial charge in [0.2, 0.25) is 0 Å². The van der Waals surface area contributed by atoms with Gasteiger partial charge in [-0.2, -0.15) is 0 Å². The predicted octanol–water partition coefficient (Wildman–Crippen LogP) is 4.60. The number of halogens is 1. The van der Waals surface area contributed by atoms with Crippen molar-refractivity contribution in [2.45, 2.75) is 46.0 Å². The molecule has 0 N–H and O–H groups in total. The largest absolute Gasteiger partial charge is 0.368 e. The van der Waals surface area contributed by atoms with Gasteiger partial charge in [0.25, 0.3) is 0 Å². The zero-order chi connectivity index (χ0) is 13.3. The summed E-state index contributed by atoms with van der Waals surface area (Å²) in [6.07, 6.45) is 1.33. The molecule has 100 valence electrons. The maximum absolute atomic E-state index is 6.12. The molecule has 0 saturated carbocycles. The first-order valence-corrected chi connectivity index (χ1v) is 7.48. The van der Waals surface area contributed by atoms with Gasteiger partial charge >= 0.3 is 0 Å². The summed E-state index contributed by atoms with van der Waals surface area (Å²) in [5.74, 6) is 2.11. The smallest absolute Gasteiger partial charge is 0.0494 e. The van der Waals surface area contributed by atoms with Gasteiger partial charge in [0.15, 0.2) is 0 Å². The number of benzene rings is 1. The summed E-state index contributed by atoms with van der Waals surface area (Å²) >= 11 is 6.12. The topological polar surface area (TPSA) is 3.24 Å². The molecule has 1 aromatic carbocycles. The highest BCUT2D eigenvalue weighted by atomic mass is 35.5. The van der Waals surface area contributed by atoms with Crippen LogP contribution in [0, 0.1) is 18.8 Å². The predicted molar refractivity (Wildman–Crippen MR) is 80.5 cm³/mol. The van der Waals surface area contributed by atoms with E-state index in [1.165, 1.54) is 23.2 Å². The average molecular weight is 266 g/mol. The number of hydrogen-bond donors (Lipinski definition) is 0. The molecule has 2 rings (SSSR count). The maximum Gasteiger partial charge on any atom is 0.0494 e. The molecule has 1 nitrogen and oxygen atoms in total. The van der Waals surface area contributed by atoms with Gasteiger partial charge in [-0.25, -0.2) is 0 Å². The fourth-order valence-corrected chi connectivity index (χ4v) is 3.35. The molecular formula is C16H24ClN. The minimum absolute atomic E-state index is 0.600. The highest BCUT2D eigenvalue weighted by Crippen LogP contribution is 2.34. The van der Waals surface area contributed by atoms with Gasteiger partial charge in [-0.05, 0) is 43.7 Å². The first-order valence-electron chi connectivity index (χ1n) is 6.95. The summed E-state index contributed by atoms with van der Waals surface area (Å²) in [6.45, 7) is 10.3. The standard InChI is InChI=1S/C16H24ClN/c1-11-5-6-16(15(8-11)9-17)18-10-12(2)7-13(3)14(18)4/h5-6,8,12-14H,7,9-10H2,1-4H3. The molecule has 0 radical (unpaired) electrons. The quantitative estimate of drug-likeness (QED) is 0.706. The molecule has 1 aliphatic heterocycles. The normalized spacial score (nSPS) is 28.5. The molecule has 18 heavy (non-hydrogen) atoms. The lowest BCUT2D eigenvalue weighted by molar-refractivity contribution is 0.296. The minimum Gasteiger partial charge on any atom is -0.368 e. The number of rotatable bonds is 2. The maximum atomic E-state index is 6.12. The molecule has 0 spiro atoms. The summed E-state index contributed by atoms with van der Waals surface area (Å²) in [5.41, 5.74) is 3.89. The number of alkyl halides is 1. The van der Waals surface area contributed by atoms with Crippen LogP contribution in [0.3, 0.4) is 0 Å². The van der Waals surface area contributed by atoms with Gasteiger partial charge in [0, 0.05) is 24.2 Å². The van der Waals surface area contributed by atoms with Gasteiger partial charge in [0.05, 0.1) is 0 Å². The lowest BCUT2D eigenvalue weighted by Crippen LogP contribution is -2.46. The van der Waals surface area contributed by atoms with E-state index < -0.39 is 0 Å². The second-order valence-electron chi connectivity index (χ2n) is 5.98. The molecule has 1 aromatic rings. The summed E-state index contributed by atoms with van der Waals surface area (Å²) in [5, 5.41) is 0. The van der Waals surface area contributed by atoms with Gasteiger partial charge in [-0.1, -0.05) is 31.5 Å². The minimum atomic E-state index is 0.600. The molecule has 0 amide bonds. The highest BCUT2D eigenvalue weighted by Gasteiger charge is 2.29. The van der Waals surface area contributed by atoms with Crippen molar-refractivity contribution in [3.63, 3.8) is 0 Å². The Morgan fingerprint density at radius 2 is 2.00 bits per heavy atom. The Kier molecular flexibility index (Phi) is 4.21. The Morgan fingerprint density at radius 1 is 1.28 bits per heavy atom. The Morgan fingerprint density at radius 3 is 2.67 bits per heavy atom. The van der Waals surface area contributed by atoms with Crippen LogP contribution in [0.5, 0.6) is 0 Å². The summed E-state index contributed by atoms with van der Waals surface area (Å²) in [7, 11) is 0. The summed E-state index contributed by atoms with van der Waals surface area (Å²) < 4.78 is 0. The molecule has 1 aliphatic rings. The molecule has 1 fully saturated rings. The van der Waals surface area contributed by atoms with Crippen LogP contribution in [0.1, 0.15) is 38.3 Å². The molecule has 0 bridgehead atoms. The zero-order valence-corrected chi connectivity index (χ0v) is 12.7. The Bertz CT molecular complexity index is 416. The van der Waals surface area contributed by atoms with Crippen molar-refractivity contribution in [3.05, 3.63) is 29.3 Å². The van der Waals surface area contributed by atoms with Crippen molar-refractivity contribution in [2.24, 2.45) is 11.8 Å². The third-order valence-corrected chi connectivity index (χ3v) is 4.57. The fraction of sp³-hybridized carbons (Fsp3) is 0.625. The number of hydrogen-bond acceptors (Lipinski definition) is 1. The van der Waals surface area contributed by atoms with Crippen LogP contribution >= 0.6 is 11.6 Å². The van der Waals surface area contributed by atoms with Crippen LogP contribution in [-0.4, -0.2) is 12.6 Å². The molecule has 2 heteroatoms. The first-order chi connectivity index (χ1) is 8.52. The van der Waals surface area contributed by atoms with Gasteiger partial charge < -0.3 is 4.90 Å². The van der Waals surface area contributed by atoms with E-state index in [1.54, 1.807) is 0 Å². The van der Waals surface area contributed by atoms with E-state index in [0.29, 0.717) is 11.9 Å². The zero-order valence-electron chi connectivity index (χ0n) is 11.9. The van der Waals surface area contributed by atoms with Crippen molar-refractivity contribution >= 4 is 17.3 Å². The first kappa shape index (κ1) is 13.7. The highest BCUT2D eigenvalue weighted by molar-refractivity contribution is 6.17. The molecular weight excluding hydrogens is 242 g/mol. The third-order valence-electron chi connectivity index (χ3n) is 4.29. The van der Waals surface area contributed by atoms with E-state index in [4.69, 9.17) is 11.6 Å².